The number of fused-ring (bicyclic) bond motifs is 1. The van der Waals surface area contributed by atoms with Gasteiger partial charge in [0.05, 0.1) is 7.11 Å². The molecule has 2 heterocycles. The monoisotopic (exact) mass is 405 g/mol. The molecule has 7 nitrogen and oxygen atoms in total. The molecule has 0 saturated carbocycles. The number of hydrogen-bond donors (Lipinski definition) is 1. The molecule has 30 heavy (non-hydrogen) atoms. The maximum Gasteiger partial charge on any atom is 0.323 e. The molecule has 0 unspecified atom stereocenters. The molecule has 2 aromatic carbocycles. The largest absolute Gasteiger partial charge is 0.468 e. The smallest absolute Gasteiger partial charge is 0.323 e. The summed E-state index contributed by atoms with van der Waals surface area (Å²) in [5.41, 5.74) is 4.09. The minimum Gasteiger partial charge on any atom is -0.468 e. The van der Waals surface area contributed by atoms with Gasteiger partial charge in [-0.2, -0.15) is 4.52 Å². The van der Waals surface area contributed by atoms with Gasteiger partial charge >= 0.3 is 5.97 Å². The summed E-state index contributed by atoms with van der Waals surface area (Å²) in [6.07, 6.45) is 2.28. The van der Waals surface area contributed by atoms with E-state index in [4.69, 9.17) is 4.74 Å². The molecule has 0 aliphatic heterocycles. The molecule has 0 bridgehead atoms. The molecule has 0 saturated heterocycles. The van der Waals surface area contributed by atoms with E-state index in [-0.39, 0.29) is 11.8 Å². The van der Waals surface area contributed by atoms with Crippen molar-refractivity contribution in [2.75, 3.05) is 7.11 Å². The van der Waals surface area contributed by atoms with Crippen molar-refractivity contribution in [3.8, 4) is 11.1 Å². The Labute approximate surface area is 172 Å². The van der Waals surface area contributed by atoms with E-state index in [1.165, 1.54) is 19.2 Å². The highest BCUT2D eigenvalue weighted by Gasteiger charge is 2.20. The van der Waals surface area contributed by atoms with E-state index in [1.54, 1.807) is 22.8 Å². The highest BCUT2D eigenvalue weighted by atomic mass is 19.1. The van der Waals surface area contributed by atoms with Crippen molar-refractivity contribution in [3.63, 3.8) is 0 Å². The molecule has 0 spiro atoms. The van der Waals surface area contributed by atoms with Crippen molar-refractivity contribution in [1.82, 2.24) is 25.4 Å². The van der Waals surface area contributed by atoms with Crippen LogP contribution in [-0.4, -0.2) is 39.2 Å². The number of esters is 1. The van der Waals surface area contributed by atoms with Crippen LogP contribution in [0, 0.1) is 5.82 Å². The summed E-state index contributed by atoms with van der Waals surface area (Å²) >= 11 is 0. The number of pyridine rings is 1. The fourth-order valence-corrected chi connectivity index (χ4v) is 3.31. The van der Waals surface area contributed by atoms with Gasteiger partial charge < -0.3 is 4.74 Å². The maximum absolute atomic E-state index is 13.3. The normalized spacial score (nSPS) is 12.1. The van der Waals surface area contributed by atoms with Crippen LogP contribution in [0.5, 0.6) is 0 Å². The molecular weight excluding hydrogens is 385 g/mol. The van der Waals surface area contributed by atoms with Gasteiger partial charge in [-0.3, -0.25) is 10.1 Å². The number of benzene rings is 2. The zero-order valence-electron chi connectivity index (χ0n) is 16.3. The van der Waals surface area contributed by atoms with Gasteiger partial charge in [-0.05, 0) is 46.2 Å². The topological polar surface area (TPSA) is 81.4 Å². The van der Waals surface area contributed by atoms with E-state index in [0.717, 1.165) is 22.3 Å². The van der Waals surface area contributed by atoms with Gasteiger partial charge in [0.2, 0.25) is 0 Å². The first-order valence-corrected chi connectivity index (χ1v) is 9.46. The number of carbonyl (C=O) groups excluding carboxylic acids is 1. The van der Waals surface area contributed by atoms with Crippen LogP contribution in [0.15, 0.2) is 66.9 Å². The second-order valence-electron chi connectivity index (χ2n) is 6.85. The van der Waals surface area contributed by atoms with Crippen molar-refractivity contribution >= 4 is 11.6 Å². The Morgan fingerprint density at radius 2 is 1.90 bits per heavy atom. The molecule has 0 aliphatic rings. The Morgan fingerprint density at radius 1 is 1.13 bits per heavy atom. The molecule has 4 rings (SSSR count). The average molecular weight is 405 g/mol. The molecule has 1 atom stereocenters. The zero-order chi connectivity index (χ0) is 20.9. The second-order valence-corrected chi connectivity index (χ2v) is 6.85. The van der Waals surface area contributed by atoms with Gasteiger partial charge in [0.1, 0.15) is 11.9 Å². The quantitative estimate of drug-likeness (QED) is 0.476. The number of rotatable bonds is 7. The molecule has 0 radical (unpaired) electrons. The van der Waals surface area contributed by atoms with Crippen LogP contribution >= 0.6 is 0 Å². The Hall–Kier alpha value is -3.65. The van der Waals surface area contributed by atoms with E-state index in [9.17, 15) is 9.18 Å². The third-order valence-electron chi connectivity index (χ3n) is 4.86. The molecule has 0 amide bonds. The number of ether oxygens (including phenoxy) is 1. The van der Waals surface area contributed by atoms with Gasteiger partial charge in [0, 0.05) is 23.9 Å². The molecule has 0 fully saturated rings. The summed E-state index contributed by atoms with van der Waals surface area (Å²) in [5, 5.41) is 15.1. The summed E-state index contributed by atoms with van der Waals surface area (Å²) in [6, 6.07) is 17.3. The third-order valence-corrected chi connectivity index (χ3v) is 4.86. The summed E-state index contributed by atoms with van der Waals surface area (Å²) < 4.78 is 19.8. The van der Waals surface area contributed by atoms with Crippen LogP contribution in [-0.2, 0) is 22.5 Å². The second kappa shape index (κ2) is 8.79. The molecule has 2 aromatic heterocycles. The minimum atomic E-state index is -0.525. The van der Waals surface area contributed by atoms with E-state index < -0.39 is 6.04 Å². The van der Waals surface area contributed by atoms with Crippen LogP contribution in [0.3, 0.4) is 0 Å². The Morgan fingerprint density at radius 3 is 2.63 bits per heavy atom. The number of nitrogens with zero attached hydrogens (tertiary/aromatic N) is 4. The lowest BCUT2D eigenvalue weighted by atomic mass is 10.0. The van der Waals surface area contributed by atoms with Crippen molar-refractivity contribution in [2.24, 2.45) is 0 Å². The molecule has 8 heteroatoms. The van der Waals surface area contributed by atoms with Crippen LogP contribution in [0.25, 0.3) is 16.8 Å². The SMILES string of the molecule is COC(=O)[C@H](Cc1ccccc1)NCc1cc(-c2ccc(F)cc2)cn2nnnc12. The maximum atomic E-state index is 13.3. The molecule has 152 valence electrons. The van der Waals surface area contributed by atoms with E-state index in [0.29, 0.717) is 18.6 Å². The summed E-state index contributed by atoms with van der Waals surface area (Å²) in [5.74, 6) is -0.643. The lowest BCUT2D eigenvalue weighted by Crippen LogP contribution is -2.39. The average Bonchev–Trinajstić information content (AvgIpc) is 3.26. The number of methoxy groups -OCH3 is 1. The van der Waals surface area contributed by atoms with Crippen LogP contribution in [0.2, 0.25) is 0 Å². The van der Waals surface area contributed by atoms with Crippen molar-refractivity contribution in [1.29, 1.82) is 0 Å². The van der Waals surface area contributed by atoms with Gasteiger partial charge in [-0.15, -0.1) is 5.10 Å². The predicted molar refractivity (Wildman–Crippen MR) is 109 cm³/mol. The molecular formula is C22H20FN5O2. The van der Waals surface area contributed by atoms with Crippen molar-refractivity contribution in [3.05, 3.63) is 83.8 Å². The Balaban J connectivity index is 1.60. The van der Waals surface area contributed by atoms with E-state index in [2.05, 4.69) is 20.8 Å². The summed E-state index contributed by atoms with van der Waals surface area (Å²) in [4.78, 5) is 12.3. The van der Waals surface area contributed by atoms with Crippen molar-refractivity contribution in [2.45, 2.75) is 19.0 Å². The Kier molecular flexibility index (Phi) is 5.76. The summed E-state index contributed by atoms with van der Waals surface area (Å²) in [7, 11) is 1.37. The van der Waals surface area contributed by atoms with E-state index >= 15 is 0 Å². The van der Waals surface area contributed by atoms with Gasteiger partial charge in [-0.1, -0.05) is 42.5 Å². The minimum absolute atomic E-state index is 0.300. The van der Waals surface area contributed by atoms with E-state index in [1.807, 2.05) is 36.4 Å². The third kappa shape index (κ3) is 4.33. The lowest BCUT2D eigenvalue weighted by molar-refractivity contribution is -0.143. The first kappa shape index (κ1) is 19.7. The number of aromatic nitrogens is 4. The highest BCUT2D eigenvalue weighted by molar-refractivity contribution is 5.76. The molecule has 0 aliphatic carbocycles. The number of carbonyl (C=O) groups is 1. The highest BCUT2D eigenvalue weighted by Crippen LogP contribution is 2.22. The Bertz CT molecular complexity index is 1150. The standard InChI is InChI=1S/C22H20FN5O2/c1-30-22(29)20(11-15-5-3-2-4-6-15)24-13-17-12-18(14-28-21(17)25-26-27-28)16-7-9-19(23)10-8-16/h2-10,12,14,20,24H,11,13H2,1H3/t20-/m0/s1. The van der Waals surface area contributed by atoms with Crippen LogP contribution in [0.1, 0.15) is 11.1 Å². The fraction of sp³-hybridized carbons (Fsp3) is 0.182. The summed E-state index contributed by atoms with van der Waals surface area (Å²) in [6.45, 7) is 0.353. The molecule has 1 N–H and O–H groups in total. The zero-order valence-corrected chi connectivity index (χ0v) is 16.3. The first-order chi connectivity index (χ1) is 14.6. The fourth-order valence-electron chi connectivity index (χ4n) is 3.31. The first-order valence-electron chi connectivity index (χ1n) is 9.46. The predicted octanol–water partition coefficient (Wildman–Crippen LogP) is 2.80. The number of tetrazole rings is 1. The number of hydrogen-bond acceptors (Lipinski definition) is 6. The van der Waals surface area contributed by atoms with Crippen LogP contribution in [0.4, 0.5) is 4.39 Å². The van der Waals surface area contributed by atoms with Gasteiger partial charge in [0.15, 0.2) is 5.65 Å². The number of halogens is 1. The lowest BCUT2D eigenvalue weighted by Gasteiger charge is -2.17. The van der Waals surface area contributed by atoms with Gasteiger partial charge in [-0.25, -0.2) is 4.39 Å². The molecule has 4 aromatic rings. The number of nitrogens with one attached hydrogen (secondary N) is 1. The van der Waals surface area contributed by atoms with Crippen molar-refractivity contribution < 1.29 is 13.9 Å². The van der Waals surface area contributed by atoms with Gasteiger partial charge in [0.25, 0.3) is 0 Å². The van der Waals surface area contributed by atoms with Crippen LogP contribution < -0.4 is 5.32 Å².